The molecule has 1 heteroatoms. The summed E-state index contributed by atoms with van der Waals surface area (Å²) in [5.41, 5.74) is 6.02. The quantitative estimate of drug-likeness (QED) is 0.605. The van der Waals surface area contributed by atoms with Gasteiger partial charge in [0.15, 0.2) is 0 Å². The molecule has 0 fully saturated rings. The summed E-state index contributed by atoms with van der Waals surface area (Å²) in [4.78, 5) is 0. The van der Waals surface area contributed by atoms with E-state index < -0.39 is 0 Å². The molecule has 3 rings (SSSR count). The lowest BCUT2D eigenvalue weighted by Crippen LogP contribution is -2.18. The van der Waals surface area contributed by atoms with Crippen LogP contribution < -0.4 is 0 Å². The lowest BCUT2D eigenvalue weighted by molar-refractivity contribution is 0.0856. The normalized spacial score (nSPS) is 24.8. The number of hydrogen-bond acceptors (Lipinski definition) is 1. The van der Waals surface area contributed by atoms with Crippen LogP contribution in [0.1, 0.15) is 24.5 Å². The molecule has 2 aliphatic rings. The van der Waals surface area contributed by atoms with Crippen LogP contribution in [-0.4, -0.2) is 12.7 Å². The molecule has 1 atom stereocenters. The van der Waals surface area contributed by atoms with Crippen molar-refractivity contribution < 1.29 is 4.74 Å². The van der Waals surface area contributed by atoms with E-state index in [9.17, 15) is 0 Å². The van der Waals surface area contributed by atoms with Crippen LogP contribution in [-0.2, 0) is 11.2 Å². The third-order valence-corrected chi connectivity index (χ3v) is 3.32. The predicted octanol–water partition coefficient (Wildman–Crippen LogP) is 2.81. The third kappa shape index (κ3) is 1.05. The van der Waals surface area contributed by atoms with Gasteiger partial charge in [0.1, 0.15) is 0 Å². The summed E-state index contributed by atoms with van der Waals surface area (Å²) >= 11 is 0. The molecule has 0 N–H and O–H groups in total. The van der Waals surface area contributed by atoms with E-state index in [0.29, 0.717) is 6.10 Å². The Morgan fingerprint density at radius 1 is 1.29 bits per heavy atom. The highest BCUT2D eigenvalue weighted by Gasteiger charge is 2.27. The molecule has 0 saturated carbocycles. The zero-order valence-electron chi connectivity index (χ0n) is 8.42. The molecule has 1 aromatic rings. The van der Waals surface area contributed by atoms with E-state index in [1.165, 1.54) is 16.7 Å². The summed E-state index contributed by atoms with van der Waals surface area (Å²) in [5, 5.41) is 0. The Bertz CT molecular complexity index is 403. The van der Waals surface area contributed by atoms with Gasteiger partial charge in [-0.2, -0.15) is 0 Å². The summed E-state index contributed by atoms with van der Waals surface area (Å²) in [7, 11) is 0. The lowest BCUT2D eigenvalue weighted by Gasteiger charge is -2.22. The first-order chi connectivity index (χ1) is 6.86. The molecule has 1 nitrogen and oxygen atoms in total. The summed E-state index contributed by atoms with van der Waals surface area (Å²) in [5.74, 6) is 0. The Morgan fingerprint density at radius 2 is 2.14 bits per heavy atom. The largest absolute Gasteiger partial charge is 0.374 e. The van der Waals surface area contributed by atoms with Crippen LogP contribution in [0, 0.1) is 0 Å². The average molecular weight is 186 g/mol. The molecule has 1 aliphatic heterocycles. The third-order valence-electron chi connectivity index (χ3n) is 3.32. The number of ether oxygens (including phenoxy) is 1. The lowest BCUT2D eigenvalue weighted by atomic mass is 9.99. The molecule has 0 saturated heterocycles. The van der Waals surface area contributed by atoms with E-state index >= 15 is 0 Å². The molecule has 0 radical (unpaired) electrons. The van der Waals surface area contributed by atoms with E-state index in [1.807, 2.05) is 0 Å². The van der Waals surface area contributed by atoms with Gasteiger partial charge in [-0.05, 0) is 42.0 Å². The van der Waals surface area contributed by atoms with E-state index in [0.717, 1.165) is 19.4 Å². The molecule has 0 bridgehead atoms. The van der Waals surface area contributed by atoms with Gasteiger partial charge in [0.2, 0.25) is 0 Å². The van der Waals surface area contributed by atoms with Gasteiger partial charge in [-0.3, -0.25) is 0 Å². The fraction of sp³-hybridized carbons (Fsp3) is 0.385. The zero-order valence-corrected chi connectivity index (χ0v) is 8.42. The molecule has 1 heterocycles. The van der Waals surface area contributed by atoms with Crippen molar-refractivity contribution in [2.45, 2.75) is 25.9 Å². The summed E-state index contributed by atoms with van der Waals surface area (Å²) in [6.45, 7) is 3.05. The molecule has 72 valence electrons. The van der Waals surface area contributed by atoms with Crippen molar-refractivity contribution in [1.29, 1.82) is 0 Å². The predicted molar refractivity (Wildman–Crippen MR) is 57.1 cm³/mol. The number of hydrogen-bond donors (Lipinski definition) is 0. The van der Waals surface area contributed by atoms with E-state index in [2.05, 4.69) is 31.2 Å². The van der Waals surface area contributed by atoms with Crippen molar-refractivity contribution in [3.8, 4) is 0 Å². The topological polar surface area (TPSA) is 9.23 Å². The van der Waals surface area contributed by atoms with E-state index in [1.54, 1.807) is 5.57 Å². The molecular formula is C13H14O. The minimum absolute atomic E-state index is 0.325. The number of benzene rings is 1. The Morgan fingerprint density at radius 3 is 3.07 bits per heavy atom. The molecule has 0 spiro atoms. The molecule has 0 amide bonds. The van der Waals surface area contributed by atoms with Crippen molar-refractivity contribution in [2.75, 3.05) is 6.61 Å². The highest BCUT2D eigenvalue weighted by Crippen LogP contribution is 2.39. The number of fused-ring (bicyclic) bond motifs is 2. The highest BCUT2D eigenvalue weighted by atomic mass is 16.5. The van der Waals surface area contributed by atoms with E-state index in [-0.39, 0.29) is 0 Å². The van der Waals surface area contributed by atoms with Gasteiger partial charge in [0.05, 0.1) is 12.7 Å². The Labute approximate surface area is 84.4 Å². The summed E-state index contributed by atoms with van der Waals surface area (Å²) in [6.07, 6.45) is 2.52. The first kappa shape index (κ1) is 8.25. The van der Waals surface area contributed by atoms with Crippen molar-refractivity contribution in [3.05, 3.63) is 41.0 Å². The fourth-order valence-corrected chi connectivity index (χ4v) is 2.58. The van der Waals surface area contributed by atoms with Gasteiger partial charge >= 0.3 is 0 Å². The highest BCUT2D eigenvalue weighted by molar-refractivity contribution is 5.77. The van der Waals surface area contributed by atoms with Gasteiger partial charge in [0.25, 0.3) is 0 Å². The second kappa shape index (κ2) is 2.96. The van der Waals surface area contributed by atoms with Crippen LogP contribution in [0.2, 0.25) is 0 Å². The first-order valence-corrected chi connectivity index (χ1v) is 5.28. The van der Waals surface area contributed by atoms with Crippen molar-refractivity contribution in [2.24, 2.45) is 0 Å². The summed E-state index contributed by atoms with van der Waals surface area (Å²) < 4.78 is 5.67. The SMILES string of the molecule is CC1OCCC2=C1Cc1ccccc12. The van der Waals surface area contributed by atoms with Gasteiger partial charge in [-0.15, -0.1) is 0 Å². The molecule has 1 aliphatic carbocycles. The molecule has 14 heavy (non-hydrogen) atoms. The van der Waals surface area contributed by atoms with Crippen molar-refractivity contribution >= 4 is 5.57 Å². The van der Waals surface area contributed by atoms with Crippen LogP contribution in [0.3, 0.4) is 0 Å². The van der Waals surface area contributed by atoms with Crippen LogP contribution in [0.4, 0.5) is 0 Å². The van der Waals surface area contributed by atoms with Gasteiger partial charge in [-0.25, -0.2) is 0 Å². The van der Waals surface area contributed by atoms with Crippen LogP contribution >= 0.6 is 0 Å². The van der Waals surface area contributed by atoms with E-state index in [4.69, 9.17) is 4.74 Å². The second-order valence-corrected chi connectivity index (χ2v) is 4.10. The van der Waals surface area contributed by atoms with Crippen molar-refractivity contribution in [1.82, 2.24) is 0 Å². The zero-order chi connectivity index (χ0) is 9.54. The Kier molecular flexibility index (Phi) is 1.74. The molecular weight excluding hydrogens is 172 g/mol. The smallest absolute Gasteiger partial charge is 0.0766 e. The maximum absolute atomic E-state index is 5.67. The minimum atomic E-state index is 0.325. The molecule has 0 aromatic heterocycles. The average Bonchev–Trinajstić information content (AvgIpc) is 2.59. The van der Waals surface area contributed by atoms with Gasteiger partial charge in [-0.1, -0.05) is 24.3 Å². The minimum Gasteiger partial charge on any atom is -0.374 e. The first-order valence-electron chi connectivity index (χ1n) is 5.28. The number of rotatable bonds is 0. The second-order valence-electron chi connectivity index (χ2n) is 4.10. The van der Waals surface area contributed by atoms with Gasteiger partial charge < -0.3 is 4.74 Å². The van der Waals surface area contributed by atoms with Crippen LogP contribution in [0.5, 0.6) is 0 Å². The Hall–Kier alpha value is -1.08. The maximum atomic E-state index is 5.67. The fourth-order valence-electron chi connectivity index (χ4n) is 2.58. The molecule has 1 aromatic carbocycles. The monoisotopic (exact) mass is 186 g/mol. The van der Waals surface area contributed by atoms with Crippen LogP contribution in [0.25, 0.3) is 5.57 Å². The van der Waals surface area contributed by atoms with Crippen LogP contribution in [0.15, 0.2) is 29.8 Å². The van der Waals surface area contributed by atoms with Crippen molar-refractivity contribution in [3.63, 3.8) is 0 Å². The summed E-state index contributed by atoms with van der Waals surface area (Å²) in [6, 6.07) is 8.74. The van der Waals surface area contributed by atoms with Gasteiger partial charge in [0, 0.05) is 0 Å². The molecule has 1 unspecified atom stereocenters. The maximum Gasteiger partial charge on any atom is 0.0766 e. The Balaban J connectivity index is 2.12. The standard InChI is InChI=1S/C13H14O/c1-9-13-8-10-4-2-3-5-11(10)12(13)6-7-14-9/h2-5,9H,6-8H2,1H3.